The van der Waals surface area contributed by atoms with E-state index in [0.29, 0.717) is 53.8 Å². The highest BCUT2D eigenvalue weighted by molar-refractivity contribution is 5.92. The number of esters is 2. The van der Waals surface area contributed by atoms with Gasteiger partial charge < -0.3 is 38.9 Å². The van der Waals surface area contributed by atoms with Crippen molar-refractivity contribution in [1.82, 2.24) is 39.2 Å². The van der Waals surface area contributed by atoms with Crippen molar-refractivity contribution >= 4 is 46.6 Å². The van der Waals surface area contributed by atoms with E-state index in [1.807, 2.05) is 96.9 Å². The number of ether oxygens (including phenoxy) is 2. The molecule has 0 aromatic rings. The minimum atomic E-state index is -0.417. The van der Waals surface area contributed by atoms with Gasteiger partial charge in [0.1, 0.15) is 46.9 Å². The second kappa shape index (κ2) is 53.7. The maximum absolute atomic E-state index is 13.0. The Balaban J connectivity index is 0.000000263. The first-order valence-electron chi connectivity index (χ1n) is 53.9. The summed E-state index contributed by atoms with van der Waals surface area (Å²) in [6.07, 6.45) is 49.8. The fourth-order valence-electron chi connectivity index (χ4n) is 21.6. The molecule has 0 amide bonds. The monoisotopic (exact) mass is 1830 g/mol. The van der Waals surface area contributed by atoms with Crippen LogP contribution in [0.3, 0.4) is 0 Å². The number of ketones is 6. The minimum Gasteiger partial charge on any atom is -0.463 e. The zero-order valence-corrected chi connectivity index (χ0v) is 90.3. The SMILES string of the molecule is CC(=O)C1(CN2CCCCC2)CCCC1.CC(C)(C)C(=O)C1(CN2CCCCC2)CC1.CC(C)(C)C(=O)C1(CN2CCCCC2)CCC1.CC(C)(C)C(=O)C1(CN2CCCCC2)CCCCC1.CC(C)(C)C(=O)CCN1CCCCC1.CC(C)(C)C(=O)OCC(C)(C)N1CCCCC1.CC(C)(CN1CCCCC1)OC(=O)C(C)(C)C.CC(CC(=O)C(C)(C)C)N1CCCCC1. The molecule has 1 unspecified atom stereocenters. The van der Waals surface area contributed by atoms with Gasteiger partial charge >= 0.3 is 11.9 Å². The second-order valence-electron chi connectivity index (χ2n) is 51.5. The zero-order chi connectivity index (χ0) is 97.3. The van der Waals surface area contributed by atoms with Crippen LogP contribution in [-0.4, -0.2) is 254 Å². The molecular formula is C112H208N8O10. The van der Waals surface area contributed by atoms with Crippen LogP contribution in [0.15, 0.2) is 0 Å². The Labute approximate surface area is 800 Å². The number of piperidine rings is 8. The van der Waals surface area contributed by atoms with E-state index in [1.54, 1.807) is 6.92 Å². The van der Waals surface area contributed by atoms with Crippen LogP contribution in [0.1, 0.15) is 444 Å². The van der Waals surface area contributed by atoms with E-state index in [-0.39, 0.29) is 71.8 Å². The molecule has 18 nitrogen and oxygen atoms in total. The van der Waals surface area contributed by atoms with E-state index in [4.69, 9.17) is 9.47 Å². The molecule has 0 radical (unpaired) electrons. The molecule has 0 aromatic carbocycles. The molecule has 8 aliphatic heterocycles. The Kier molecular flexibility index (Phi) is 48.4. The highest BCUT2D eigenvalue weighted by atomic mass is 16.6. The Hall–Kier alpha value is -3.36. The summed E-state index contributed by atoms with van der Waals surface area (Å²) in [6, 6.07) is 0.428. The molecular weight excluding hydrogens is 1620 g/mol. The van der Waals surface area contributed by atoms with E-state index < -0.39 is 10.8 Å². The van der Waals surface area contributed by atoms with Gasteiger partial charge in [-0.2, -0.15) is 0 Å². The van der Waals surface area contributed by atoms with Gasteiger partial charge in [0.05, 0.1) is 10.8 Å². The van der Waals surface area contributed by atoms with Crippen molar-refractivity contribution in [1.29, 1.82) is 0 Å². The van der Waals surface area contributed by atoms with Crippen LogP contribution < -0.4 is 0 Å². The van der Waals surface area contributed by atoms with E-state index in [9.17, 15) is 38.4 Å². The molecule has 4 saturated carbocycles. The van der Waals surface area contributed by atoms with Gasteiger partial charge in [0, 0.05) is 112 Å². The lowest BCUT2D eigenvalue weighted by Crippen LogP contribution is -2.52. The Morgan fingerprint density at radius 1 is 0.285 bits per heavy atom. The first kappa shape index (κ1) is 117. The molecule has 1 atom stereocenters. The number of rotatable bonds is 24. The molecule has 12 rings (SSSR count). The molecule has 130 heavy (non-hydrogen) atoms. The van der Waals surface area contributed by atoms with Crippen molar-refractivity contribution in [2.75, 3.05) is 151 Å². The number of carbonyl (C=O) groups excluding carboxylic acids is 8. The quantitative estimate of drug-likeness (QED) is 0.0832. The largest absolute Gasteiger partial charge is 0.463 e. The van der Waals surface area contributed by atoms with Crippen molar-refractivity contribution in [2.45, 2.75) is 461 Å². The average Bonchev–Trinajstić information content (AvgIpc) is 1.65. The average molecular weight is 1830 g/mol. The molecule has 8 saturated heterocycles. The van der Waals surface area contributed by atoms with Crippen LogP contribution in [0.4, 0.5) is 0 Å². The smallest absolute Gasteiger partial charge is 0.311 e. The van der Waals surface area contributed by atoms with Crippen molar-refractivity contribution in [3.05, 3.63) is 0 Å². The summed E-state index contributed by atoms with van der Waals surface area (Å²) in [6.45, 7) is 79.8. The first-order chi connectivity index (χ1) is 60.4. The van der Waals surface area contributed by atoms with Crippen molar-refractivity contribution in [3.63, 3.8) is 0 Å². The van der Waals surface area contributed by atoms with Gasteiger partial charge in [-0.15, -0.1) is 0 Å². The Morgan fingerprint density at radius 2 is 0.562 bits per heavy atom. The number of nitrogens with zero attached hydrogens (tertiary/aromatic N) is 8. The molecule has 4 aliphatic carbocycles. The predicted octanol–water partition coefficient (Wildman–Crippen LogP) is 23.8. The van der Waals surface area contributed by atoms with Gasteiger partial charge in [-0.1, -0.05) is 194 Å². The topological polar surface area (TPSA) is 181 Å². The van der Waals surface area contributed by atoms with Crippen LogP contribution in [-0.2, 0) is 47.8 Å². The number of Topliss-reactive ketones (excluding diaryl/α,β-unsaturated/α-hetero) is 6. The summed E-state index contributed by atoms with van der Waals surface area (Å²) in [4.78, 5) is 117. The van der Waals surface area contributed by atoms with Gasteiger partial charge in [0.15, 0.2) is 0 Å². The number of hydrogen-bond donors (Lipinski definition) is 0. The summed E-state index contributed by atoms with van der Waals surface area (Å²) < 4.78 is 11.1. The number of hydrogen-bond acceptors (Lipinski definition) is 18. The van der Waals surface area contributed by atoms with Gasteiger partial charge in [0.2, 0.25) is 0 Å². The van der Waals surface area contributed by atoms with E-state index in [1.165, 1.54) is 271 Å². The van der Waals surface area contributed by atoms with E-state index >= 15 is 0 Å². The van der Waals surface area contributed by atoms with Crippen LogP contribution in [0.2, 0.25) is 0 Å². The molecule has 0 spiro atoms. The van der Waals surface area contributed by atoms with Crippen molar-refractivity contribution in [3.8, 4) is 0 Å². The Morgan fingerprint density at radius 3 is 0.862 bits per heavy atom. The minimum absolute atomic E-state index is 0.00951. The lowest BCUT2D eigenvalue weighted by molar-refractivity contribution is -0.168. The summed E-state index contributed by atoms with van der Waals surface area (Å²) in [7, 11) is 0. The Bertz CT molecular complexity index is 3300. The third-order valence-electron chi connectivity index (χ3n) is 30.4. The van der Waals surface area contributed by atoms with Gasteiger partial charge in [-0.3, -0.25) is 48.2 Å². The summed E-state index contributed by atoms with van der Waals surface area (Å²) in [5.41, 5.74) is -2.05. The predicted molar refractivity (Wildman–Crippen MR) is 543 cm³/mol. The van der Waals surface area contributed by atoms with Crippen LogP contribution in [0.25, 0.3) is 0 Å². The molecule has 0 N–H and O–H groups in total. The highest BCUT2D eigenvalue weighted by Gasteiger charge is 2.54. The number of likely N-dealkylation sites (tertiary alicyclic amines) is 8. The molecule has 18 heteroatoms. The standard InChI is InChI=1S/C17H31NO.C15H27NO.2C14H27NO2.C14H25NO.C13H23NO.C13H25NO.C12H23NO/c1-16(2,3)15(19)17(10-6-4-7-11-17)14-18-12-8-5-9-13-18;1-14(2,3)13(17)15(8-7-9-15)12-16-10-5-4-6-11-16;1-13(2,3)12(16)17-11-14(4,5)15-9-7-6-8-10-15;1-13(2,3)12(16)17-14(4,5)11-15-9-7-6-8-10-15;1-13(2,3)12(16)14(7-8-14)11-15-9-5-4-6-10-15;1-12(15)13(7-3-4-8-13)11-14-9-5-2-6-10-14;1-11(10-12(15)13(2,3)4)14-8-6-5-7-9-14;1-12(2,3)11(14)7-10-13-8-5-4-6-9-13/h4-14H2,1-3H3;4-12H2,1-3H3;2*6-11H2,1-5H3;4-11H2,1-3H3;2-11H2,1H3;11H,5-10H2,1-4H3;4-10H2,1-3H3. The molecule has 0 bridgehead atoms. The van der Waals surface area contributed by atoms with Crippen LogP contribution in [0, 0.1) is 59.6 Å². The third-order valence-corrected chi connectivity index (χ3v) is 30.4. The van der Waals surface area contributed by atoms with Crippen molar-refractivity contribution < 1.29 is 47.8 Å². The lowest BCUT2D eigenvalue weighted by Gasteiger charge is -2.47. The van der Waals surface area contributed by atoms with Crippen LogP contribution >= 0.6 is 0 Å². The normalized spacial score (nSPS) is 22.8. The fourth-order valence-corrected chi connectivity index (χ4v) is 21.6. The maximum atomic E-state index is 13.0. The van der Waals surface area contributed by atoms with Crippen molar-refractivity contribution in [2.24, 2.45) is 59.6 Å². The van der Waals surface area contributed by atoms with Gasteiger partial charge in [-0.05, 0) is 342 Å². The zero-order valence-electron chi connectivity index (χ0n) is 90.3. The molecule has 12 aliphatic rings. The lowest BCUT2D eigenvalue weighted by atomic mass is 9.60. The number of carbonyl (C=O) groups is 8. The summed E-state index contributed by atoms with van der Waals surface area (Å²) in [5, 5.41) is 0. The maximum Gasteiger partial charge on any atom is 0.311 e. The molecule has 756 valence electrons. The fraction of sp³-hybridized carbons (Fsp3) is 0.929. The van der Waals surface area contributed by atoms with Gasteiger partial charge in [-0.25, -0.2) is 0 Å². The molecule has 12 fully saturated rings. The first-order valence-corrected chi connectivity index (χ1v) is 53.9. The third kappa shape index (κ3) is 41.7. The van der Waals surface area contributed by atoms with Gasteiger partial charge in [0.25, 0.3) is 0 Å². The van der Waals surface area contributed by atoms with E-state index in [2.05, 4.69) is 122 Å². The highest BCUT2D eigenvalue weighted by Crippen LogP contribution is 2.52. The second-order valence-corrected chi connectivity index (χ2v) is 51.5. The van der Waals surface area contributed by atoms with Crippen LogP contribution in [0.5, 0.6) is 0 Å². The molecule has 0 aromatic heterocycles. The summed E-state index contributed by atoms with van der Waals surface area (Å²) >= 11 is 0. The van der Waals surface area contributed by atoms with E-state index in [0.717, 1.165) is 123 Å². The molecule has 8 heterocycles. The summed E-state index contributed by atoms with van der Waals surface area (Å²) in [5.74, 6) is 2.51.